The predicted molar refractivity (Wildman–Crippen MR) is 81.7 cm³/mol. The third kappa shape index (κ3) is 4.38. The summed E-state index contributed by atoms with van der Waals surface area (Å²) in [6.45, 7) is 6.61. The standard InChI is InChI=1S/C17H21NO3/c1-12(2)14-6-8-15(9-7-14)21-11-13(3)18-17(19)16-5-4-10-20-16/h4-10,12-13H,11H2,1-3H3,(H,18,19). The molecule has 0 spiro atoms. The monoisotopic (exact) mass is 287 g/mol. The van der Waals surface area contributed by atoms with Crippen molar-refractivity contribution >= 4 is 5.91 Å². The Morgan fingerprint density at radius 3 is 2.48 bits per heavy atom. The first kappa shape index (κ1) is 15.2. The quantitative estimate of drug-likeness (QED) is 0.883. The van der Waals surface area contributed by atoms with E-state index in [0.717, 1.165) is 5.75 Å². The summed E-state index contributed by atoms with van der Waals surface area (Å²) in [7, 11) is 0. The van der Waals surface area contributed by atoms with Gasteiger partial charge in [0, 0.05) is 0 Å². The van der Waals surface area contributed by atoms with Crippen molar-refractivity contribution in [3.8, 4) is 5.75 Å². The van der Waals surface area contributed by atoms with Gasteiger partial charge in [0.2, 0.25) is 0 Å². The van der Waals surface area contributed by atoms with Crippen molar-refractivity contribution in [2.75, 3.05) is 6.61 Å². The number of furan rings is 1. The van der Waals surface area contributed by atoms with Crippen molar-refractivity contribution in [1.82, 2.24) is 5.32 Å². The summed E-state index contributed by atoms with van der Waals surface area (Å²) in [6.07, 6.45) is 1.48. The van der Waals surface area contributed by atoms with Gasteiger partial charge in [-0.2, -0.15) is 0 Å². The number of hydrogen-bond acceptors (Lipinski definition) is 3. The molecule has 0 aliphatic carbocycles. The third-order valence-electron chi connectivity index (χ3n) is 3.17. The summed E-state index contributed by atoms with van der Waals surface area (Å²) in [6, 6.07) is 11.2. The second-order valence-electron chi connectivity index (χ2n) is 5.39. The first-order valence-corrected chi connectivity index (χ1v) is 7.13. The van der Waals surface area contributed by atoms with Gasteiger partial charge < -0.3 is 14.5 Å². The van der Waals surface area contributed by atoms with E-state index < -0.39 is 0 Å². The molecule has 2 aromatic rings. The lowest BCUT2D eigenvalue weighted by atomic mass is 10.0. The Balaban J connectivity index is 1.81. The van der Waals surface area contributed by atoms with Crippen LogP contribution in [-0.4, -0.2) is 18.6 Å². The number of carbonyl (C=O) groups is 1. The van der Waals surface area contributed by atoms with Crippen molar-refractivity contribution in [3.63, 3.8) is 0 Å². The van der Waals surface area contributed by atoms with Gasteiger partial charge in [0.1, 0.15) is 12.4 Å². The number of carbonyl (C=O) groups excluding carboxylic acids is 1. The second-order valence-corrected chi connectivity index (χ2v) is 5.39. The molecule has 21 heavy (non-hydrogen) atoms. The van der Waals surface area contributed by atoms with Crippen LogP contribution >= 0.6 is 0 Å². The highest BCUT2D eigenvalue weighted by Crippen LogP contribution is 2.18. The van der Waals surface area contributed by atoms with E-state index in [1.165, 1.54) is 11.8 Å². The highest BCUT2D eigenvalue weighted by molar-refractivity contribution is 5.91. The first-order chi connectivity index (χ1) is 10.1. The lowest BCUT2D eigenvalue weighted by molar-refractivity contribution is 0.0898. The molecular formula is C17H21NO3. The smallest absolute Gasteiger partial charge is 0.287 e. The Morgan fingerprint density at radius 2 is 1.90 bits per heavy atom. The van der Waals surface area contributed by atoms with E-state index in [4.69, 9.17) is 9.15 Å². The molecule has 1 unspecified atom stereocenters. The summed E-state index contributed by atoms with van der Waals surface area (Å²) in [5, 5.41) is 2.82. The first-order valence-electron chi connectivity index (χ1n) is 7.13. The van der Waals surface area contributed by atoms with Gasteiger partial charge in [0.05, 0.1) is 12.3 Å². The number of benzene rings is 1. The van der Waals surface area contributed by atoms with Crippen molar-refractivity contribution in [1.29, 1.82) is 0 Å². The van der Waals surface area contributed by atoms with Crippen LogP contribution in [0.3, 0.4) is 0 Å². The average molecular weight is 287 g/mol. The summed E-state index contributed by atoms with van der Waals surface area (Å²) in [5.41, 5.74) is 1.28. The minimum atomic E-state index is -0.230. The van der Waals surface area contributed by atoms with Gasteiger partial charge >= 0.3 is 0 Å². The van der Waals surface area contributed by atoms with Crippen LogP contribution < -0.4 is 10.1 Å². The van der Waals surface area contributed by atoms with Crippen LogP contribution in [0, 0.1) is 0 Å². The van der Waals surface area contributed by atoms with E-state index in [-0.39, 0.29) is 11.9 Å². The van der Waals surface area contributed by atoms with Crippen LogP contribution in [0.5, 0.6) is 5.75 Å². The molecule has 1 N–H and O–H groups in total. The van der Waals surface area contributed by atoms with Crippen LogP contribution in [0.1, 0.15) is 42.8 Å². The van der Waals surface area contributed by atoms with Crippen LogP contribution in [0.25, 0.3) is 0 Å². The normalized spacial score (nSPS) is 12.2. The molecule has 0 aliphatic heterocycles. The van der Waals surface area contributed by atoms with E-state index in [9.17, 15) is 4.79 Å². The SMILES string of the molecule is CC(COc1ccc(C(C)C)cc1)NC(=O)c1ccco1. The fourth-order valence-corrected chi connectivity index (χ4v) is 1.91. The number of nitrogens with one attached hydrogen (secondary N) is 1. The highest BCUT2D eigenvalue weighted by atomic mass is 16.5. The molecular weight excluding hydrogens is 266 g/mol. The lowest BCUT2D eigenvalue weighted by Crippen LogP contribution is -2.36. The van der Waals surface area contributed by atoms with Crippen molar-refractivity contribution < 1.29 is 13.9 Å². The maximum absolute atomic E-state index is 11.8. The Morgan fingerprint density at radius 1 is 1.19 bits per heavy atom. The molecule has 1 atom stereocenters. The van der Waals surface area contributed by atoms with Crippen molar-refractivity contribution in [2.24, 2.45) is 0 Å². The van der Waals surface area contributed by atoms with Gasteiger partial charge in [-0.15, -0.1) is 0 Å². The van der Waals surface area contributed by atoms with E-state index in [2.05, 4.69) is 31.3 Å². The molecule has 0 saturated heterocycles. The van der Waals surface area contributed by atoms with Gasteiger partial charge in [-0.3, -0.25) is 4.79 Å². The zero-order chi connectivity index (χ0) is 15.2. The Hall–Kier alpha value is -2.23. The van der Waals surface area contributed by atoms with Crippen LogP contribution in [0.2, 0.25) is 0 Å². The summed E-state index contributed by atoms with van der Waals surface area (Å²) < 4.78 is 10.7. The zero-order valence-corrected chi connectivity index (χ0v) is 12.6. The van der Waals surface area contributed by atoms with Gasteiger partial charge in [0.15, 0.2) is 5.76 Å². The van der Waals surface area contributed by atoms with Gasteiger partial charge in [-0.25, -0.2) is 0 Å². The summed E-state index contributed by atoms with van der Waals surface area (Å²) in [4.78, 5) is 11.8. The molecule has 0 fully saturated rings. The Bertz CT molecular complexity index is 558. The number of ether oxygens (including phenoxy) is 1. The predicted octanol–water partition coefficient (Wildman–Crippen LogP) is 3.60. The second kappa shape index (κ2) is 6.97. The van der Waals surface area contributed by atoms with Crippen LogP contribution in [0.4, 0.5) is 0 Å². The Labute approximate surface area is 125 Å². The summed E-state index contributed by atoms with van der Waals surface area (Å²) in [5.74, 6) is 1.39. The molecule has 1 heterocycles. The van der Waals surface area contributed by atoms with Gasteiger partial charge in [0.25, 0.3) is 5.91 Å². The minimum absolute atomic E-state index is 0.104. The van der Waals surface area contributed by atoms with Crippen molar-refractivity contribution in [3.05, 3.63) is 54.0 Å². The fraction of sp³-hybridized carbons (Fsp3) is 0.353. The van der Waals surface area contributed by atoms with E-state index in [0.29, 0.717) is 18.3 Å². The molecule has 4 nitrogen and oxygen atoms in total. The zero-order valence-electron chi connectivity index (χ0n) is 12.6. The maximum Gasteiger partial charge on any atom is 0.287 e. The van der Waals surface area contributed by atoms with E-state index >= 15 is 0 Å². The highest BCUT2D eigenvalue weighted by Gasteiger charge is 2.12. The molecule has 112 valence electrons. The molecule has 1 aromatic carbocycles. The molecule has 4 heteroatoms. The molecule has 1 aromatic heterocycles. The molecule has 2 rings (SSSR count). The maximum atomic E-state index is 11.8. The van der Waals surface area contributed by atoms with E-state index in [1.807, 2.05) is 19.1 Å². The number of hydrogen-bond donors (Lipinski definition) is 1. The van der Waals surface area contributed by atoms with Crippen molar-refractivity contribution in [2.45, 2.75) is 32.7 Å². The average Bonchev–Trinajstić information content (AvgIpc) is 3.00. The summed E-state index contributed by atoms with van der Waals surface area (Å²) >= 11 is 0. The molecule has 0 radical (unpaired) electrons. The number of rotatable bonds is 6. The van der Waals surface area contributed by atoms with Gasteiger partial charge in [-0.1, -0.05) is 26.0 Å². The largest absolute Gasteiger partial charge is 0.491 e. The minimum Gasteiger partial charge on any atom is -0.491 e. The third-order valence-corrected chi connectivity index (χ3v) is 3.17. The van der Waals surface area contributed by atoms with E-state index in [1.54, 1.807) is 12.1 Å². The molecule has 0 aliphatic rings. The topological polar surface area (TPSA) is 51.5 Å². The van der Waals surface area contributed by atoms with Crippen LogP contribution in [-0.2, 0) is 0 Å². The molecule has 1 amide bonds. The molecule has 0 bridgehead atoms. The fourth-order valence-electron chi connectivity index (χ4n) is 1.91. The van der Waals surface area contributed by atoms with Gasteiger partial charge in [-0.05, 0) is 42.7 Å². The Kier molecular flexibility index (Phi) is 5.04. The molecule has 0 saturated carbocycles. The number of amides is 1. The lowest BCUT2D eigenvalue weighted by Gasteiger charge is -2.15. The van der Waals surface area contributed by atoms with Crippen LogP contribution in [0.15, 0.2) is 47.1 Å².